The molecule has 4 rings (SSSR count). The molecule has 308 valence electrons. The molecule has 1 heterocycles. The van der Waals surface area contributed by atoms with E-state index in [0.29, 0.717) is 75.8 Å². The lowest BCUT2D eigenvalue weighted by Gasteiger charge is -2.14. The largest absolute Gasteiger partial charge is 0.491 e. The Morgan fingerprint density at radius 1 is 0.768 bits per heavy atom. The first-order chi connectivity index (χ1) is 27.1. The summed E-state index contributed by atoms with van der Waals surface area (Å²) in [6.07, 6.45) is -0.446. The van der Waals surface area contributed by atoms with Gasteiger partial charge < -0.3 is 43.2 Å². The van der Waals surface area contributed by atoms with E-state index in [9.17, 15) is 22.8 Å². The summed E-state index contributed by atoms with van der Waals surface area (Å²) in [7, 11) is 3.19. The van der Waals surface area contributed by atoms with Gasteiger partial charge in [0.05, 0.1) is 88.4 Å². The van der Waals surface area contributed by atoms with Crippen molar-refractivity contribution in [2.75, 3.05) is 98.8 Å². The number of carbonyl (C=O) groups excluding carboxylic acids is 2. The summed E-state index contributed by atoms with van der Waals surface area (Å²) in [6, 6.07) is 8.07. The van der Waals surface area contributed by atoms with E-state index in [1.54, 1.807) is 32.4 Å². The number of aryl methyl sites for hydroxylation is 1. The summed E-state index contributed by atoms with van der Waals surface area (Å²) < 4.78 is 83.7. The number of halogens is 4. The van der Waals surface area contributed by atoms with Crippen LogP contribution in [-0.4, -0.2) is 112 Å². The number of nitrogens with one attached hydrogen (secondary N) is 2. The molecule has 0 atom stereocenters. The van der Waals surface area contributed by atoms with Crippen LogP contribution in [0.4, 0.5) is 18.2 Å². The van der Waals surface area contributed by atoms with Crippen LogP contribution in [0, 0.1) is 0 Å². The number of hydrogen-bond acceptors (Lipinski definition) is 12. The Morgan fingerprint density at radius 3 is 1.89 bits per heavy atom. The van der Waals surface area contributed by atoms with Crippen LogP contribution in [0.25, 0.3) is 0 Å². The monoisotopic (exact) mass is 829 g/mol. The molecule has 0 unspecified atom stereocenters. The normalized spacial score (nSPS) is 12.8. The number of hydrazone groups is 1. The van der Waals surface area contributed by atoms with Gasteiger partial charge in [0.15, 0.2) is 0 Å². The van der Waals surface area contributed by atoms with Crippen LogP contribution >= 0.6 is 22.9 Å². The number of thiophene rings is 1. The predicted octanol–water partition coefficient (Wildman–Crippen LogP) is 6.43. The standard InChI is InChI=1S/C38H47ClF3N3O10S/c1-48-9-11-50-13-15-52-17-19-54-28-22-27(23-29(24-28)55-20-18-53-16-14-51-12-10-49-2)35(46)44-37-34(30-5-3-4-6-33(30)56-37)36(47)45-43-25-26-7-8-32(39)31(21-26)38(40,41)42/h7-8,21-25H,3-6,9-20H2,1-2H3,(H,44,46)(H,45,47)/b43-25+. The van der Waals surface area contributed by atoms with Crippen molar-refractivity contribution in [1.82, 2.24) is 5.43 Å². The quantitative estimate of drug-likeness (QED) is 0.0557. The summed E-state index contributed by atoms with van der Waals surface area (Å²) in [5.41, 5.74) is 2.72. The molecule has 1 aromatic heterocycles. The molecule has 3 aromatic rings. The number of anilines is 1. The first-order valence-corrected chi connectivity index (χ1v) is 19.2. The van der Waals surface area contributed by atoms with Crippen molar-refractivity contribution in [3.8, 4) is 11.5 Å². The number of nitrogens with zero attached hydrogens (tertiary/aromatic N) is 1. The number of alkyl halides is 3. The third kappa shape index (κ3) is 14.9. The van der Waals surface area contributed by atoms with E-state index in [-0.39, 0.29) is 43.1 Å². The lowest BCUT2D eigenvalue weighted by Crippen LogP contribution is -2.22. The Hall–Kier alpha value is -3.81. The summed E-state index contributed by atoms with van der Waals surface area (Å²) >= 11 is 7.02. The number of carbonyl (C=O) groups is 2. The summed E-state index contributed by atoms with van der Waals surface area (Å²) in [5.74, 6) is -0.427. The van der Waals surface area contributed by atoms with Crippen molar-refractivity contribution in [3.63, 3.8) is 0 Å². The van der Waals surface area contributed by atoms with E-state index < -0.39 is 28.6 Å². The van der Waals surface area contributed by atoms with Crippen molar-refractivity contribution in [2.45, 2.75) is 31.9 Å². The van der Waals surface area contributed by atoms with E-state index in [4.69, 9.17) is 49.5 Å². The first kappa shape index (κ1) is 44.9. The van der Waals surface area contributed by atoms with Gasteiger partial charge in [-0.25, -0.2) is 5.43 Å². The Kier molecular flexibility index (Phi) is 19.3. The maximum Gasteiger partial charge on any atom is 0.417 e. The molecular formula is C38H47ClF3N3O10S. The second kappa shape index (κ2) is 24.1. The fourth-order valence-corrected chi connectivity index (χ4v) is 6.87. The fourth-order valence-electron chi connectivity index (χ4n) is 5.37. The minimum atomic E-state index is -4.66. The highest BCUT2D eigenvalue weighted by atomic mass is 35.5. The Bertz CT molecular complexity index is 1690. The van der Waals surface area contributed by atoms with Gasteiger partial charge in [-0.2, -0.15) is 18.3 Å². The average Bonchev–Trinajstić information content (AvgIpc) is 3.54. The molecule has 2 N–H and O–H groups in total. The topological polar surface area (TPSA) is 144 Å². The van der Waals surface area contributed by atoms with Crippen molar-refractivity contribution >= 4 is 46.0 Å². The lowest BCUT2D eigenvalue weighted by molar-refractivity contribution is -0.137. The first-order valence-electron chi connectivity index (χ1n) is 18.0. The molecule has 0 bridgehead atoms. The molecule has 56 heavy (non-hydrogen) atoms. The van der Waals surface area contributed by atoms with Gasteiger partial charge in [-0.15, -0.1) is 11.3 Å². The number of fused-ring (bicyclic) bond motifs is 1. The molecule has 0 spiro atoms. The van der Waals surface area contributed by atoms with Crippen LogP contribution in [0.15, 0.2) is 41.5 Å². The van der Waals surface area contributed by atoms with Crippen LogP contribution in [0.3, 0.4) is 0 Å². The maximum absolute atomic E-state index is 13.8. The van der Waals surface area contributed by atoms with E-state index in [2.05, 4.69) is 15.8 Å². The molecule has 2 aromatic carbocycles. The van der Waals surface area contributed by atoms with Crippen LogP contribution in [-0.2, 0) is 47.4 Å². The van der Waals surface area contributed by atoms with E-state index in [0.717, 1.165) is 48.1 Å². The van der Waals surface area contributed by atoms with Gasteiger partial charge in [-0.3, -0.25) is 9.59 Å². The fraction of sp³-hybridized carbons (Fsp3) is 0.500. The minimum Gasteiger partial charge on any atom is -0.491 e. The van der Waals surface area contributed by atoms with Crippen LogP contribution < -0.4 is 20.2 Å². The van der Waals surface area contributed by atoms with Gasteiger partial charge in [-0.05, 0) is 61.1 Å². The molecule has 0 fully saturated rings. The van der Waals surface area contributed by atoms with Crippen LogP contribution in [0.1, 0.15) is 55.1 Å². The summed E-state index contributed by atoms with van der Waals surface area (Å²) in [6.45, 7) is 4.37. The molecule has 18 heteroatoms. The molecule has 13 nitrogen and oxygen atoms in total. The van der Waals surface area contributed by atoms with E-state index in [1.165, 1.54) is 17.4 Å². The van der Waals surface area contributed by atoms with Gasteiger partial charge in [0.2, 0.25) is 0 Å². The lowest BCUT2D eigenvalue weighted by atomic mass is 9.95. The third-order valence-corrected chi connectivity index (χ3v) is 9.58. The Morgan fingerprint density at radius 2 is 1.32 bits per heavy atom. The number of hydrogen-bond donors (Lipinski definition) is 2. The van der Waals surface area contributed by atoms with Gasteiger partial charge >= 0.3 is 6.18 Å². The highest BCUT2D eigenvalue weighted by Crippen LogP contribution is 2.39. The highest BCUT2D eigenvalue weighted by Gasteiger charge is 2.33. The number of benzene rings is 2. The summed E-state index contributed by atoms with van der Waals surface area (Å²) in [4.78, 5) is 28.3. The minimum absolute atomic E-state index is 0.0834. The smallest absolute Gasteiger partial charge is 0.417 e. The van der Waals surface area contributed by atoms with Gasteiger partial charge in [0.1, 0.15) is 29.7 Å². The van der Waals surface area contributed by atoms with Crippen molar-refractivity contribution in [2.24, 2.45) is 5.10 Å². The van der Waals surface area contributed by atoms with Crippen LogP contribution in [0.5, 0.6) is 11.5 Å². The number of ether oxygens (including phenoxy) is 8. The number of amides is 2. The molecule has 0 radical (unpaired) electrons. The van der Waals surface area contributed by atoms with Gasteiger partial charge in [-0.1, -0.05) is 17.7 Å². The van der Waals surface area contributed by atoms with Gasteiger partial charge in [0, 0.05) is 30.7 Å². The molecule has 0 saturated heterocycles. The zero-order chi connectivity index (χ0) is 40.2. The van der Waals surface area contributed by atoms with Crippen molar-refractivity contribution < 1.29 is 60.7 Å². The second-order valence-electron chi connectivity index (χ2n) is 12.1. The highest BCUT2D eigenvalue weighted by molar-refractivity contribution is 7.17. The summed E-state index contributed by atoms with van der Waals surface area (Å²) in [5, 5.41) is 6.66. The zero-order valence-corrected chi connectivity index (χ0v) is 32.9. The number of methoxy groups -OCH3 is 2. The Labute approximate surface area is 332 Å². The third-order valence-electron chi connectivity index (χ3n) is 8.04. The average molecular weight is 830 g/mol. The molecule has 1 aliphatic carbocycles. The zero-order valence-electron chi connectivity index (χ0n) is 31.3. The Balaban J connectivity index is 1.45. The van der Waals surface area contributed by atoms with Crippen LogP contribution in [0.2, 0.25) is 5.02 Å². The second-order valence-corrected chi connectivity index (χ2v) is 13.6. The molecule has 1 aliphatic rings. The van der Waals surface area contributed by atoms with E-state index in [1.807, 2.05) is 0 Å². The molecule has 0 aliphatic heterocycles. The number of rotatable bonds is 25. The van der Waals surface area contributed by atoms with Gasteiger partial charge in [0.25, 0.3) is 11.8 Å². The van der Waals surface area contributed by atoms with Crippen molar-refractivity contribution in [3.05, 3.63) is 74.1 Å². The predicted molar refractivity (Wildman–Crippen MR) is 205 cm³/mol. The maximum atomic E-state index is 13.8. The molecular weight excluding hydrogens is 783 g/mol. The molecule has 2 amide bonds. The molecule has 0 saturated carbocycles. The van der Waals surface area contributed by atoms with E-state index >= 15 is 0 Å². The SMILES string of the molecule is COCCOCCOCCOc1cc(OCCOCCOCCOC)cc(C(=O)Nc2sc3c(c2C(=O)N/N=C/c2ccc(Cl)c(C(F)(F)F)c2)CCCC3)c1. The van der Waals surface area contributed by atoms with Crippen molar-refractivity contribution in [1.29, 1.82) is 0 Å².